The number of anilines is 1. The molecule has 0 bridgehead atoms. The van der Waals surface area contributed by atoms with E-state index in [0.717, 1.165) is 16.5 Å². The number of benzene rings is 2. The minimum Gasteiger partial charge on any atom is -0.465 e. The molecule has 0 aliphatic heterocycles. The number of nitrogens with one attached hydrogen (secondary N) is 1. The SMILES string of the molecule is CCOC(=O)C(C#N)C(CC(=O)c1cccc(N)c1)c1c[nH]c2ccccc12. The van der Waals surface area contributed by atoms with Crippen LogP contribution in [0.5, 0.6) is 0 Å². The number of rotatable bonds is 7. The number of aromatic amines is 1. The first kappa shape index (κ1) is 19.2. The normalized spacial score (nSPS) is 12.9. The zero-order valence-electron chi connectivity index (χ0n) is 15.5. The number of aromatic nitrogens is 1. The minimum absolute atomic E-state index is 0.0116. The molecule has 0 spiro atoms. The smallest absolute Gasteiger partial charge is 0.323 e. The number of Topliss-reactive ketones (excluding diaryl/α,β-unsaturated/α-hetero) is 1. The Morgan fingerprint density at radius 2 is 2.00 bits per heavy atom. The molecule has 6 heteroatoms. The van der Waals surface area contributed by atoms with E-state index in [1.807, 2.05) is 30.3 Å². The number of para-hydroxylation sites is 1. The van der Waals surface area contributed by atoms with Crippen molar-refractivity contribution in [2.75, 3.05) is 12.3 Å². The Kier molecular flexibility index (Phi) is 5.75. The van der Waals surface area contributed by atoms with Gasteiger partial charge in [0.1, 0.15) is 0 Å². The van der Waals surface area contributed by atoms with Gasteiger partial charge >= 0.3 is 5.97 Å². The second-order valence-electron chi connectivity index (χ2n) is 6.51. The standard InChI is InChI=1S/C22H21N3O3/c1-2-28-22(27)18(12-23)17(11-21(26)14-6-5-7-15(24)10-14)19-13-25-20-9-4-3-8-16(19)20/h3-10,13,17-18,25H,2,11,24H2,1H3. The van der Waals surface area contributed by atoms with Gasteiger partial charge in [-0.2, -0.15) is 5.26 Å². The Morgan fingerprint density at radius 3 is 2.71 bits per heavy atom. The zero-order chi connectivity index (χ0) is 20.1. The average Bonchev–Trinajstić information content (AvgIpc) is 3.12. The number of carbonyl (C=O) groups excluding carboxylic acids is 2. The molecule has 2 atom stereocenters. The molecule has 0 amide bonds. The fourth-order valence-electron chi connectivity index (χ4n) is 3.38. The lowest BCUT2D eigenvalue weighted by molar-refractivity contribution is -0.146. The zero-order valence-corrected chi connectivity index (χ0v) is 15.5. The Morgan fingerprint density at radius 1 is 1.21 bits per heavy atom. The molecule has 0 radical (unpaired) electrons. The maximum atomic E-state index is 12.9. The van der Waals surface area contributed by atoms with Gasteiger partial charge in [-0.3, -0.25) is 9.59 Å². The molecule has 3 N–H and O–H groups in total. The van der Waals surface area contributed by atoms with E-state index < -0.39 is 17.8 Å². The number of nitrogen functional groups attached to an aromatic ring is 1. The maximum Gasteiger partial charge on any atom is 0.323 e. The van der Waals surface area contributed by atoms with E-state index >= 15 is 0 Å². The summed E-state index contributed by atoms with van der Waals surface area (Å²) in [6.45, 7) is 1.85. The number of nitrogens with zero attached hydrogens (tertiary/aromatic N) is 1. The van der Waals surface area contributed by atoms with Gasteiger partial charge in [0.25, 0.3) is 0 Å². The van der Waals surface area contributed by atoms with Crippen LogP contribution in [0, 0.1) is 17.2 Å². The summed E-state index contributed by atoms with van der Waals surface area (Å²) in [4.78, 5) is 28.5. The average molecular weight is 375 g/mol. The van der Waals surface area contributed by atoms with Gasteiger partial charge in [0, 0.05) is 40.7 Å². The molecule has 0 aliphatic carbocycles. The molecule has 0 fully saturated rings. The predicted molar refractivity (Wildman–Crippen MR) is 107 cm³/mol. The van der Waals surface area contributed by atoms with Gasteiger partial charge in [-0.15, -0.1) is 0 Å². The van der Waals surface area contributed by atoms with Crippen LogP contribution in [0.1, 0.15) is 35.2 Å². The number of esters is 1. The molecule has 1 heterocycles. The second-order valence-corrected chi connectivity index (χ2v) is 6.51. The van der Waals surface area contributed by atoms with E-state index in [0.29, 0.717) is 11.3 Å². The second kappa shape index (κ2) is 8.40. The largest absolute Gasteiger partial charge is 0.465 e. The number of nitriles is 1. The summed E-state index contributed by atoms with van der Waals surface area (Å²) in [5.74, 6) is -2.55. The summed E-state index contributed by atoms with van der Waals surface area (Å²) in [5.41, 5.74) is 8.34. The first-order chi connectivity index (χ1) is 13.5. The van der Waals surface area contributed by atoms with Crippen LogP contribution in [0.25, 0.3) is 10.9 Å². The molecule has 142 valence electrons. The van der Waals surface area contributed by atoms with Crippen molar-refractivity contribution in [2.24, 2.45) is 5.92 Å². The maximum absolute atomic E-state index is 12.9. The summed E-state index contributed by atoms with van der Waals surface area (Å²) in [5, 5.41) is 10.6. The van der Waals surface area contributed by atoms with Crippen molar-refractivity contribution in [3.8, 4) is 6.07 Å². The van der Waals surface area contributed by atoms with Gasteiger partial charge in [0.05, 0.1) is 12.7 Å². The van der Waals surface area contributed by atoms with Crippen LogP contribution in [0.2, 0.25) is 0 Å². The third-order valence-corrected chi connectivity index (χ3v) is 4.72. The number of nitrogens with two attached hydrogens (primary N) is 1. The first-order valence-corrected chi connectivity index (χ1v) is 9.06. The Balaban J connectivity index is 2.02. The third kappa shape index (κ3) is 3.89. The van der Waals surface area contributed by atoms with Crippen molar-refractivity contribution < 1.29 is 14.3 Å². The first-order valence-electron chi connectivity index (χ1n) is 9.06. The molecule has 3 rings (SSSR count). The van der Waals surface area contributed by atoms with Gasteiger partial charge in [0.2, 0.25) is 0 Å². The Hall–Kier alpha value is -3.59. The minimum atomic E-state index is -1.09. The van der Waals surface area contributed by atoms with Crippen molar-refractivity contribution in [1.29, 1.82) is 5.26 Å². The van der Waals surface area contributed by atoms with Crippen molar-refractivity contribution in [3.63, 3.8) is 0 Å². The Bertz CT molecular complexity index is 1050. The molecular formula is C22H21N3O3. The summed E-state index contributed by atoms with van der Waals surface area (Å²) in [6.07, 6.45) is 1.74. The van der Waals surface area contributed by atoms with Crippen LogP contribution in [0.4, 0.5) is 5.69 Å². The number of fused-ring (bicyclic) bond motifs is 1. The van der Waals surface area contributed by atoms with Gasteiger partial charge in [0.15, 0.2) is 11.7 Å². The molecular weight excluding hydrogens is 354 g/mol. The van der Waals surface area contributed by atoms with Gasteiger partial charge in [-0.1, -0.05) is 30.3 Å². The number of carbonyl (C=O) groups is 2. The van der Waals surface area contributed by atoms with Crippen molar-refractivity contribution in [2.45, 2.75) is 19.3 Å². The van der Waals surface area contributed by atoms with E-state index in [1.54, 1.807) is 37.4 Å². The summed E-state index contributed by atoms with van der Waals surface area (Å²) >= 11 is 0. The molecule has 2 unspecified atom stereocenters. The van der Waals surface area contributed by atoms with E-state index in [1.165, 1.54) is 0 Å². The van der Waals surface area contributed by atoms with E-state index in [9.17, 15) is 14.9 Å². The summed E-state index contributed by atoms with van der Waals surface area (Å²) < 4.78 is 5.09. The van der Waals surface area contributed by atoms with E-state index in [4.69, 9.17) is 10.5 Å². The highest BCUT2D eigenvalue weighted by atomic mass is 16.5. The number of hydrogen-bond acceptors (Lipinski definition) is 5. The predicted octanol–water partition coefficient (Wildman–Crippen LogP) is 3.81. The molecule has 0 saturated heterocycles. The van der Waals surface area contributed by atoms with Gasteiger partial charge < -0.3 is 15.5 Å². The van der Waals surface area contributed by atoms with E-state index in [-0.39, 0.29) is 18.8 Å². The van der Waals surface area contributed by atoms with Crippen LogP contribution < -0.4 is 5.73 Å². The highest BCUT2D eigenvalue weighted by Crippen LogP contribution is 2.35. The fourth-order valence-corrected chi connectivity index (χ4v) is 3.38. The van der Waals surface area contributed by atoms with Crippen molar-refractivity contribution in [1.82, 2.24) is 4.98 Å². The summed E-state index contributed by atoms with van der Waals surface area (Å²) in [6, 6.07) is 16.3. The number of ketones is 1. The van der Waals surface area contributed by atoms with Crippen LogP contribution in [0.15, 0.2) is 54.7 Å². The van der Waals surface area contributed by atoms with Crippen LogP contribution in [-0.4, -0.2) is 23.3 Å². The molecule has 3 aromatic rings. The molecule has 1 aromatic heterocycles. The van der Waals surface area contributed by atoms with Gasteiger partial charge in [-0.05, 0) is 30.7 Å². The number of H-pyrrole nitrogens is 1. The monoisotopic (exact) mass is 375 g/mol. The lowest BCUT2D eigenvalue weighted by Gasteiger charge is -2.20. The lowest BCUT2D eigenvalue weighted by atomic mass is 9.82. The third-order valence-electron chi connectivity index (χ3n) is 4.72. The quantitative estimate of drug-likeness (QED) is 0.371. The molecule has 0 saturated carbocycles. The molecule has 6 nitrogen and oxygen atoms in total. The highest BCUT2D eigenvalue weighted by Gasteiger charge is 2.34. The highest BCUT2D eigenvalue weighted by molar-refractivity contribution is 5.98. The molecule has 0 aliphatic rings. The summed E-state index contributed by atoms with van der Waals surface area (Å²) in [7, 11) is 0. The Labute approximate surface area is 162 Å². The van der Waals surface area contributed by atoms with Gasteiger partial charge in [-0.25, -0.2) is 0 Å². The fraction of sp³-hybridized carbons (Fsp3) is 0.227. The van der Waals surface area contributed by atoms with Crippen LogP contribution in [0.3, 0.4) is 0 Å². The topological polar surface area (TPSA) is 109 Å². The van der Waals surface area contributed by atoms with Crippen molar-refractivity contribution in [3.05, 3.63) is 65.9 Å². The molecule has 2 aromatic carbocycles. The molecule has 28 heavy (non-hydrogen) atoms. The lowest BCUT2D eigenvalue weighted by Crippen LogP contribution is -2.25. The van der Waals surface area contributed by atoms with Crippen LogP contribution in [-0.2, 0) is 9.53 Å². The number of ether oxygens (including phenoxy) is 1. The van der Waals surface area contributed by atoms with E-state index in [2.05, 4.69) is 4.98 Å². The van der Waals surface area contributed by atoms with Crippen molar-refractivity contribution >= 4 is 28.3 Å². The number of hydrogen-bond donors (Lipinski definition) is 2. The van der Waals surface area contributed by atoms with Crippen LogP contribution >= 0.6 is 0 Å².